The van der Waals surface area contributed by atoms with Crippen LogP contribution in [0, 0.1) is 19.8 Å². The first-order valence-electron chi connectivity index (χ1n) is 10.4. The van der Waals surface area contributed by atoms with Crippen LogP contribution in [0.2, 0.25) is 5.02 Å². The van der Waals surface area contributed by atoms with Crippen LogP contribution < -0.4 is 15.0 Å². The van der Waals surface area contributed by atoms with E-state index in [1.54, 1.807) is 0 Å². The molecule has 4 nitrogen and oxygen atoms in total. The van der Waals surface area contributed by atoms with Gasteiger partial charge in [0.05, 0.1) is 6.04 Å². The molecule has 1 heterocycles. The highest BCUT2D eigenvalue weighted by Crippen LogP contribution is 2.26. The molecule has 156 valence electrons. The first kappa shape index (κ1) is 21.5. The number of anilines is 1. The maximum atomic E-state index is 12.3. The number of nitrogens with one attached hydrogen (secondary N) is 1. The summed E-state index contributed by atoms with van der Waals surface area (Å²) in [6.45, 7) is 10.4. The summed E-state index contributed by atoms with van der Waals surface area (Å²) in [5, 5.41) is 3.74. The number of amides is 1. The molecule has 1 N–H and O–H groups in total. The van der Waals surface area contributed by atoms with Crippen molar-refractivity contribution in [3.63, 3.8) is 0 Å². The summed E-state index contributed by atoms with van der Waals surface area (Å²) < 4.78 is 5.65. The Morgan fingerprint density at radius 3 is 2.52 bits per heavy atom. The molecule has 5 heteroatoms. The second kappa shape index (κ2) is 9.53. The van der Waals surface area contributed by atoms with Gasteiger partial charge >= 0.3 is 0 Å². The van der Waals surface area contributed by atoms with Gasteiger partial charge in [0.15, 0.2) is 6.61 Å². The number of benzene rings is 2. The van der Waals surface area contributed by atoms with Gasteiger partial charge in [0.25, 0.3) is 5.91 Å². The van der Waals surface area contributed by atoms with E-state index >= 15 is 0 Å². The van der Waals surface area contributed by atoms with Gasteiger partial charge in [-0.15, -0.1) is 0 Å². The summed E-state index contributed by atoms with van der Waals surface area (Å²) in [5.74, 6) is 1.26. The molecule has 1 aliphatic rings. The molecule has 1 aliphatic heterocycles. The van der Waals surface area contributed by atoms with E-state index in [-0.39, 0.29) is 18.6 Å². The summed E-state index contributed by atoms with van der Waals surface area (Å²) in [4.78, 5) is 14.8. The summed E-state index contributed by atoms with van der Waals surface area (Å²) >= 11 is 6.18. The van der Waals surface area contributed by atoms with Gasteiger partial charge in [0, 0.05) is 23.8 Å². The molecule has 0 unspecified atom stereocenters. The summed E-state index contributed by atoms with van der Waals surface area (Å²) in [6.07, 6.45) is 2.57. The Kier molecular flexibility index (Phi) is 7.07. The van der Waals surface area contributed by atoms with Crippen LogP contribution in [0.1, 0.15) is 49.4 Å². The van der Waals surface area contributed by atoms with E-state index in [0.29, 0.717) is 5.75 Å². The Morgan fingerprint density at radius 2 is 1.90 bits per heavy atom. The van der Waals surface area contributed by atoms with Gasteiger partial charge in [-0.2, -0.15) is 0 Å². The van der Waals surface area contributed by atoms with Crippen LogP contribution >= 0.6 is 11.6 Å². The molecule has 3 rings (SSSR count). The number of hydrogen-bond donors (Lipinski definition) is 1. The molecule has 0 aromatic heterocycles. The van der Waals surface area contributed by atoms with Gasteiger partial charge in [0.1, 0.15) is 5.75 Å². The standard InChI is InChI=1S/C24H31ClN2O2/c1-16-6-5-11-27(14-16)21-9-7-20(8-10-21)19(4)26-23(28)15-29-22-12-17(2)24(25)18(3)13-22/h7-10,12-13,16,19H,5-6,11,14-15H2,1-4H3,(H,26,28)/t16-,19+/m1/s1. The van der Waals surface area contributed by atoms with Crippen molar-refractivity contribution in [1.82, 2.24) is 5.32 Å². The molecule has 1 saturated heterocycles. The van der Waals surface area contributed by atoms with Gasteiger partial charge in [0.2, 0.25) is 0 Å². The minimum atomic E-state index is -0.142. The minimum absolute atomic E-state index is 0.0192. The van der Waals surface area contributed by atoms with Crippen molar-refractivity contribution in [2.45, 2.75) is 46.6 Å². The third-order valence-corrected chi connectivity index (χ3v) is 6.17. The van der Waals surface area contributed by atoms with E-state index in [4.69, 9.17) is 16.3 Å². The maximum absolute atomic E-state index is 12.3. The zero-order valence-electron chi connectivity index (χ0n) is 17.8. The van der Waals surface area contributed by atoms with Crippen LogP contribution in [-0.4, -0.2) is 25.6 Å². The number of carbonyl (C=O) groups is 1. The number of aryl methyl sites for hydroxylation is 2. The lowest BCUT2D eigenvalue weighted by molar-refractivity contribution is -0.123. The Bertz CT molecular complexity index is 827. The van der Waals surface area contributed by atoms with Gasteiger partial charge in [-0.1, -0.05) is 30.7 Å². The molecule has 2 aromatic carbocycles. The van der Waals surface area contributed by atoms with Gasteiger partial charge in [-0.25, -0.2) is 0 Å². The molecule has 2 atom stereocenters. The van der Waals surface area contributed by atoms with Crippen molar-refractivity contribution in [3.05, 3.63) is 58.1 Å². The lowest BCUT2D eigenvalue weighted by atomic mass is 9.99. The third-order valence-electron chi connectivity index (χ3n) is 5.57. The van der Waals surface area contributed by atoms with E-state index in [1.807, 2.05) is 32.9 Å². The Balaban J connectivity index is 1.53. The topological polar surface area (TPSA) is 41.6 Å². The quantitative estimate of drug-likeness (QED) is 0.683. The normalized spacial score (nSPS) is 17.7. The second-order valence-corrected chi connectivity index (χ2v) is 8.61. The van der Waals surface area contributed by atoms with Crippen LogP contribution in [0.15, 0.2) is 36.4 Å². The first-order chi connectivity index (χ1) is 13.8. The number of rotatable bonds is 6. The average Bonchev–Trinajstić information content (AvgIpc) is 2.70. The zero-order chi connectivity index (χ0) is 21.0. The fourth-order valence-corrected chi connectivity index (χ4v) is 4.01. The van der Waals surface area contributed by atoms with Gasteiger partial charge in [-0.05, 0) is 80.5 Å². The van der Waals surface area contributed by atoms with E-state index in [0.717, 1.165) is 40.7 Å². The number of piperidine rings is 1. The smallest absolute Gasteiger partial charge is 0.258 e. The van der Waals surface area contributed by atoms with E-state index in [2.05, 4.69) is 41.4 Å². The number of ether oxygens (including phenoxy) is 1. The fourth-order valence-electron chi connectivity index (χ4n) is 3.90. The third kappa shape index (κ3) is 5.66. The average molecular weight is 415 g/mol. The van der Waals surface area contributed by atoms with Crippen LogP contribution in [0.25, 0.3) is 0 Å². The van der Waals surface area contributed by atoms with E-state index in [9.17, 15) is 4.79 Å². The van der Waals surface area contributed by atoms with E-state index < -0.39 is 0 Å². The molecule has 1 amide bonds. The molecule has 0 aliphatic carbocycles. The predicted molar refractivity (Wildman–Crippen MR) is 120 cm³/mol. The minimum Gasteiger partial charge on any atom is -0.484 e. The van der Waals surface area contributed by atoms with Crippen LogP contribution in [0.5, 0.6) is 5.75 Å². The van der Waals surface area contributed by atoms with Crippen LogP contribution in [0.3, 0.4) is 0 Å². The molecule has 0 radical (unpaired) electrons. The molecule has 0 bridgehead atoms. The number of nitrogens with zero attached hydrogens (tertiary/aromatic N) is 1. The molecule has 2 aromatic rings. The molecule has 0 spiro atoms. The highest BCUT2D eigenvalue weighted by Gasteiger charge is 2.17. The fraction of sp³-hybridized carbons (Fsp3) is 0.458. The number of halogens is 1. The lowest BCUT2D eigenvalue weighted by Gasteiger charge is -2.33. The van der Waals surface area contributed by atoms with Crippen molar-refractivity contribution in [2.24, 2.45) is 5.92 Å². The highest BCUT2D eigenvalue weighted by molar-refractivity contribution is 6.32. The van der Waals surface area contributed by atoms with Gasteiger partial charge in [-0.3, -0.25) is 4.79 Å². The van der Waals surface area contributed by atoms with Gasteiger partial charge < -0.3 is 15.0 Å². The molecule has 29 heavy (non-hydrogen) atoms. The largest absolute Gasteiger partial charge is 0.484 e. The van der Waals surface area contributed by atoms with Crippen LogP contribution in [-0.2, 0) is 4.79 Å². The summed E-state index contributed by atoms with van der Waals surface area (Å²) in [6, 6.07) is 12.2. The molecular weight excluding hydrogens is 384 g/mol. The Hall–Kier alpha value is -2.20. The maximum Gasteiger partial charge on any atom is 0.258 e. The Labute approximate surface area is 179 Å². The monoisotopic (exact) mass is 414 g/mol. The number of carbonyl (C=O) groups excluding carboxylic acids is 1. The first-order valence-corrected chi connectivity index (χ1v) is 10.7. The van der Waals surface area contributed by atoms with Crippen molar-refractivity contribution in [1.29, 1.82) is 0 Å². The highest BCUT2D eigenvalue weighted by atomic mass is 35.5. The molecule has 0 saturated carbocycles. The number of hydrogen-bond acceptors (Lipinski definition) is 3. The second-order valence-electron chi connectivity index (χ2n) is 8.23. The SMILES string of the molecule is Cc1cc(OCC(=O)N[C@@H](C)c2ccc(N3CCC[C@@H](C)C3)cc2)cc(C)c1Cl. The Morgan fingerprint density at radius 1 is 1.24 bits per heavy atom. The lowest BCUT2D eigenvalue weighted by Crippen LogP contribution is -2.34. The summed E-state index contributed by atoms with van der Waals surface area (Å²) in [7, 11) is 0. The predicted octanol–water partition coefficient (Wildman–Crippen LogP) is 5.45. The van der Waals surface area contributed by atoms with Crippen LogP contribution in [0.4, 0.5) is 5.69 Å². The zero-order valence-corrected chi connectivity index (χ0v) is 18.6. The molecule has 1 fully saturated rings. The van der Waals surface area contributed by atoms with Crippen molar-refractivity contribution in [2.75, 3.05) is 24.6 Å². The van der Waals surface area contributed by atoms with Crippen molar-refractivity contribution < 1.29 is 9.53 Å². The van der Waals surface area contributed by atoms with Crippen molar-refractivity contribution >= 4 is 23.2 Å². The van der Waals surface area contributed by atoms with Crippen molar-refractivity contribution in [3.8, 4) is 5.75 Å². The van der Waals surface area contributed by atoms with E-state index in [1.165, 1.54) is 18.5 Å². The summed E-state index contributed by atoms with van der Waals surface area (Å²) in [5.41, 5.74) is 4.23. The molecular formula is C24H31ClN2O2.